The Labute approximate surface area is 154 Å². The maximum atomic E-state index is 12.2. The predicted octanol–water partition coefficient (Wildman–Crippen LogP) is 1.96. The van der Waals surface area contributed by atoms with Gasteiger partial charge in [-0.15, -0.1) is 0 Å². The van der Waals surface area contributed by atoms with Crippen LogP contribution in [0.2, 0.25) is 0 Å². The summed E-state index contributed by atoms with van der Waals surface area (Å²) in [5, 5.41) is 8.43. The molecule has 4 amide bonds. The first kappa shape index (κ1) is 19.8. The standard InChI is InChI=1S/C19H28N4O3/c1-3-14(2)18(25)20-13-17(24)23-11-9-16(10-12-23)22-19(26)21-15-7-5-4-6-8-15/h4-8,14,16H,3,9-13H2,1-2H3,(H,20,25)(H2,21,22,26). The van der Waals surface area contributed by atoms with Gasteiger partial charge in [-0.3, -0.25) is 9.59 Å². The molecule has 1 aromatic carbocycles. The Morgan fingerprint density at radius 1 is 1.15 bits per heavy atom. The van der Waals surface area contributed by atoms with E-state index in [-0.39, 0.29) is 36.3 Å². The van der Waals surface area contributed by atoms with Gasteiger partial charge in [0.15, 0.2) is 0 Å². The number of para-hydroxylation sites is 1. The van der Waals surface area contributed by atoms with Gasteiger partial charge in [0.25, 0.3) is 0 Å². The summed E-state index contributed by atoms with van der Waals surface area (Å²) in [5.41, 5.74) is 0.745. The molecule has 7 nitrogen and oxygen atoms in total. The number of hydrogen-bond donors (Lipinski definition) is 3. The fourth-order valence-corrected chi connectivity index (χ4v) is 2.78. The van der Waals surface area contributed by atoms with Gasteiger partial charge in [-0.2, -0.15) is 0 Å². The molecule has 0 radical (unpaired) electrons. The zero-order chi connectivity index (χ0) is 18.9. The number of piperidine rings is 1. The van der Waals surface area contributed by atoms with Gasteiger partial charge in [0, 0.05) is 30.7 Å². The predicted molar refractivity (Wildman–Crippen MR) is 101 cm³/mol. The van der Waals surface area contributed by atoms with E-state index in [1.165, 1.54) is 0 Å². The largest absolute Gasteiger partial charge is 0.347 e. The molecule has 0 saturated carbocycles. The third-order valence-electron chi connectivity index (χ3n) is 4.69. The lowest BCUT2D eigenvalue weighted by Crippen LogP contribution is -2.49. The van der Waals surface area contributed by atoms with Crippen LogP contribution in [0.1, 0.15) is 33.1 Å². The molecule has 1 atom stereocenters. The van der Waals surface area contributed by atoms with Gasteiger partial charge >= 0.3 is 6.03 Å². The number of nitrogens with zero attached hydrogens (tertiary/aromatic N) is 1. The Morgan fingerprint density at radius 3 is 2.42 bits per heavy atom. The molecule has 1 fully saturated rings. The van der Waals surface area contributed by atoms with Crippen LogP contribution in [-0.4, -0.2) is 48.4 Å². The molecule has 0 bridgehead atoms. The number of likely N-dealkylation sites (tertiary alicyclic amines) is 1. The second kappa shape index (κ2) is 9.79. The van der Waals surface area contributed by atoms with Crippen LogP contribution in [-0.2, 0) is 9.59 Å². The Morgan fingerprint density at radius 2 is 1.81 bits per heavy atom. The SMILES string of the molecule is CCC(C)C(=O)NCC(=O)N1CCC(NC(=O)Nc2ccccc2)CC1. The van der Waals surface area contributed by atoms with Crippen LogP contribution in [0.5, 0.6) is 0 Å². The van der Waals surface area contributed by atoms with Crippen LogP contribution in [0.3, 0.4) is 0 Å². The summed E-state index contributed by atoms with van der Waals surface area (Å²) in [7, 11) is 0. The first-order valence-corrected chi connectivity index (χ1v) is 9.17. The van der Waals surface area contributed by atoms with E-state index in [2.05, 4.69) is 16.0 Å². The van der Waals surface area contributed by atoms with Crippen LogP contribution in [0.4, 0.5) is 10.5 Å². The fraction of sp³-hybridized carbons (Fsp3) is 0.526. The van der Waals surface area contributed by atoms with Crippen molar-refractivity contribution in [2.75, 3.05) is 25.0 Å². The Bertz CT molecular complexity index is 612. The molecule has 1 aliphatic heterocycles. The molecule has 26 heavy (non-hydrogen) atoms. The minimum Gasteiger partial charge on any atom is -0.347 e. The van der Waals surface area contributed by atoms with Gasteiger partial charge < -0.3 is 20.9 Å². The molecule has 7 heteroatoms. The van der Waals surface area contributed by atoms with E-state index in [0.29, 0.717) is 25.9 Å². The highest BCUT2D eigenvalue weighted by molar-refractivity contribution is 5.89. The van der Waals surface area contributed by atoms with Gasteiger partial charge in [0.1, 0.15) is 0 Å². The van der Waals surface area contributed by atoms with E-state index >= 15 is 0 Å². The van der Waals surface area contributed by atoms with Crippen LogP contribution >= 0.6 is 0 Å². The van der Waals surface area contributed by atoms with Crippen molar-refractivity contribution in [2.24, 2.45) is 5.92 Å². The molecule has 2 rings (SSSR count). The van der Waals surface area contributed by atoms with E-state index in [4.69, 9.17) is 0 Å². The molecule has 1 unspecified atom stereocenters. The van der Waals surface area contributed by atoms with E-state index in [9.17, 15) is 14.4 Å². The third-order valence-corrected chi connectivity index (χ3v) is 4.69. The van der Waals surface area contributed by atoms with Crippen molar-refractivity contribution in [3.63, 3.8) is 0 Å². The highest BCUT2D eigenvalue weighted by atomic mass is 16.2. The average molecular weight is 360 g/mol. The maximum absolute atomic E-state index is 12.2. The number of carbonyl (C=O) groups is 3. The molecular weight excluding hydrogens is 332 g/mol. The molecule has 0 aromatic heterocycles. The molecule has 1 aliphatic rings. The number of nitrogens with one attached hydrogen (secondary N) is 3. The summed E-state index contributed by atoms with van der Waals surface area (Å²) in [6.45, 7) is 4.98. The van der Waals surface area contributed by atoms with Crippen molar-refractivity contribution < 1.29 is 14.4 Å². The van der Waals surface area contributed by atoms with Gasteiger partial charge in [-0.05, 0) is 31.4 Å². The monoisotopic (exact) mass is 360 g/mol. The van der Waals surface area contributed by atoms with Crippen molar-refractivity contribution >= 4 is 23.5 Å². The quantitative estimate of drug-likeness (QED) is 0.724. The highest BCUT2D eigenvalue weighted by Crippen LogP contribution is 2.11. The summed E-state index contributed by atoms with van der Waals surface area (Å²) in [5.74, 6) is -0.246. The third kappa shape index (κ3) is 6.06. The molecule has 142 valence electrons. The first-order chi connectivity index (χ1) is 12.5. The lowest BCUT2D eigenvalue weighted by Gasteiger charge is -2.32. The van der Waals surface area contributed by atoms with Gasteiger partial charge in [-0.25, -0.2) is 4.79 Å². The van der Waals surface area contributed by atoms with Crippen molar-refractivity contribution in [1.29, 1.82) is 0 Å². The normalized spacial score (nSPS) is 15.8. The molecule has 1 saturated heterocycles. The highest BCUT2D eigenvalue weighted by Gasteiger charge is 2.24. The Balaban J connectivity index is 1.69. The number of carbonyl (C=O) groups excluding carboxylic acids is 3. The summed E-state index contributed by atoms with van der Waals surface area (Å²) in [4.78, 5) is 37.7. The lowest BCUT2D eigenvalue weighted by molar-refractivity contribution is -0.134. The van der Waals surface area contributed by atoms with Crippen LogP contribution in [0, 0.1) is 5.92 Å². The summed E-state index contributed by atoms with van der Waals surface area (Å²) >= 11 is 0. The molecule has 1 heterocycles. The van der Waals surface area contributed by atoms with E-state index < -0.39 is 0 Å². The van der Waals surface area contributed by atoms with Crippen LogP contribution < -0.4 is 16.0 Å². The summed E-state index contributed by atoms with van der Waals surface area (Å²) in [6, 6.07) is 9.07. The van der Waals surface area contributed by atoms with Crippen molar-refractivity contribution in [1.82, 2.24) is 15.5 Å². The second-order valence-electron chi connectivity index (χ2n) is 6.65. The topological polar surface area (TPSA) is 90.5 Å². The molecular formula is C19H28N4O3. The van der Waals surface area contributed by atoms with Crippen LogP contribution in [0.15, 0.2) is 30.3 Å². The fourth-order valence-electron chi connectivity index (χ4n) is 2.78. The molecule has 3 N–H and O–H groups in total. The van der Waals surface area contributed by atoms with Gasteiger partial charge in [0.2, 0.25) is 11.8 Å². The van der Waals surface area contributed by atoms with Gasteiger partial charge in [-0.1, -0.05) is 32.0 Å². The number of rotatable bonds is 6. The Hall–Kier alpha value is -2.57. The maximum Gasteiger partial charge on any atom is 0.319 e. The smallest absolute Gasteiger partial charge is 0.319 e. The lowest BCUT2D eigenvalue weighted by atomic mass is 10.1. The van der Waals surface area contributed by atoms with Crippen molar-refractivity contribution in [3.8, 4) is 0 Å². The number of urea groups is 1. The number of anilines is 1. The van der Waals surface area contributed by atoms with Crippen molar-refractivity contribution in [3.05, 3.63) is 30.3 Å². The number of hydrogen-bond acceptors (Lipinski definition) is 3. The zero-order valence-corrected chi connectivity index (χ0v) is 15.5. The minimum absolute atomic E-state index is 0.0375. The molecule has 0 aliphatic carbocycles. The number of amides is 4. The average Bonchev–Trinajstić information content (AvgIpc) is 2.66. The molecule has 1 aromatic rings. The second-order valence-corrected chi connectivity index (χ2v) is 6.65. The van der Waals surface area contributed by atoms with E-state index in [0.717, 1.165) is 12.1 Å². The minimum atomic E-state index is -0.234. The van der Waals surface area contributed by atoms with Crippen molar-refractivity contribution in [2.45, 2.75) is 39.2 Å². The van der Waals surface area contributed by atoms with E-state index in [1.807, 2.05) is 44.2 Å². The van der Waals surface area contributed by atoms with E-state index in [1.54, 1.807) is 4.90 Å². The Kier molecular flexibility index (Phi) is 7.44. The summed E-state index contributed by atoms with van der Waals surface area (Å²) < 4.78 is 0. The van der Waals surface area contributed by atoms with Gasteiger partial charge in [0.05, 0.1) is 6.54 Å². The summed E-state index contributed by atoms with van der Waals surface area (Å²) in [6.07, 6.45) is 2.16. The molecule has 0 spiro atoms. The first-order valence-electron chi connectivity index (χ1n) is 9.17. The number of benzene rings is 1. The zero-order valence-electron chi connectivity index (χ0n) is 15.5. The van der Waals surface area contributed by atoms with Crippen LogP contribution in [0.25, 0.3) is 0 Å².